The molecule has 1 unspecified atom stereocenters. The van der Waals surface area contributed by atoms with Gasteiger partial charge in [-0.3, -0.25) is 0 Å². The van der Waals surface area contributed by atoms with E-state index in [2.05, 4.69) is 4.72 Å². The molecule has 1 aromatic rings. The molecule has 9 heteroatoms. The number of benzene rings is 1. The maximum Gasteiger partial charge on any atom is 0.242 e. The molecule has 1 atom stereocenters. The number of sulfone groups is 1. The Morgan fingerprint density at radius 1 is 1.43 bits per heavy atom. The van der Waals surface area contributed by atoms with Crippen LogP contribution in [0.3, 0.4) is 0 Å². The highest BCUT2D eigenvalue weighted by Crippen LogP contribution is 2.24. The third-order valence-electron chi connectivity index (χ3n) is 3.31. The first kappa shape index (κ1) is 16.2. The molecule has 1 N–H and O–H groups in total. The zero-order chi connectivity index (χ0) is 15.7. The minimum atomic E-state index is -3.96. The van der Waals surface area contributed by atoms with Crippen LogP contribution in [0.4, 0.5) is 0 Å². The maximum absolute atomic E-state index is 12.2. The van der Waals surface area contributed by atoms with Crippen LogP contribution >= 0.6 is 11.6 Å². The quantitative estimate of drug-likeness (QED) is 0.876. The lowest BCUT2D eigenvalue weighted by Gasteiger charge is -2.12. The highest BCUT2D eigenvalue weighted by atomic mass is 35.5. The van der Waals surface area contributed by atoms with E-state index in [-0.39, 0.29) is 27.8 Å². The number of hydrogen-bond donors (Lipinski definition) is 1. The number of nitrogens with one attached hydrogen (secondary N) is 1. The lowest BCUT2D eigenvalue weighted by atomic mass is 10.2. The minimum absolute atomic E-state index is 0.0178. The first-order chi connectivity index (χ1) is 9.76. The molecule has 0 aromatic heterocycles. The molecule has 0 amide bonds. The first-order valence-corrected chi connectivity index (χ1v) is 9.75. The predicted molar refractivity (Wildman–Crippen MR) is 78.2 cm³/mol. The van der Waals surface area contributed by atoms with Crippen LogP contribution in [0.2, 0.25) is 5.02 Å². The van der Waals surface area contributed by atoms with Gasteiger partial charge in [0.05, 0.1) is 27.7 Å². The fourth-order valence-electron chi connectivity index (χ4n) is 2.15. The summed E-state index contributed by atoms with van der Waals surface area (Å²) in [7, 11) is -7.19. The van der Waals surface area contributed by atoms with Crippen molar-refractivity contribution in [2.45, 2.75) is 23.0 Å². The maximum atomic E-state index is 12.2. The standard InChI is InChI=1S/C12H13ClN2O4S2/c13-11-4-3-9(7-14)6-12(11)21(18,19)15-8-10-2-1-5-20(10,16)17/h3-4,6,10,15H,1-2,5,8H2. The van der Waals surface area contributed by atoms with Crippen LogP contribution in [0.15, 0.2) is 23.1 Å². The second kappa shape index (κ2) is 5.93. The van der Waals surface area contributed by atoms with Gasteiger partial charge in [-0.25, -0.2) is 21.6 Å². The molecule has 0 spiro atoms. The van der Waals surface area contributed by atoms with Gasteiger partial charge in [-0.2, -0.15) is 5.26 Å². The summed E-state index contributed by atoms with van der Waals surface area (Å²) in [5.74, 6) is 0.0874. The van der Waals surface area contributed by atoms with Gasteiger partial charge >= 0.3 is 0 Å². The number of sulfonamides is 1. The fraction of sp³-hybridized carbons (Fsp3) is 0.417. The third-order valence-corrected chi connectivity index (χ3v) is 7.49. The van der Waals surface area contributed by atoms with Crippen LogP contribution in [-0.2, 0) is 19.9 Å². The molecule has 0 bridgehead atoms. The molecule has 0 radical (unpaired) electrons. The Morgan fingerprint density at radius 2 is 2.14 bits per heavy atom. The number of nitrogens with zero attached hydrogens (tertiary/aromatic N) is 1. The Bertz CT molecular complexity index is 797. The summed E-state index contributed by atoms with van der Waals surface area (Å²) in [4.78, 5) is -0.224. The van der Waals surface area contributed by atoms with Crippen LogP contribution in [-0.4, -0.2) is 34.4 Å². The van der Waals surface area contributed by atoms with Crippen molar-refractivity contribution >= 4 is 31.5 Å². The highest BCUT2D eigenvalue weighted by Gasteiger charge is 2.32. The molecule has 1 saturated heterocycles. The summed E-state index contributed by atoms with van der Waals surface area (Å²) >= 11 is 5.84. The van der Waals surface area contributed by atoms with E-state index in [4.69, 9.17) is 16.9 Å². The van der Waals surface area contributed by atoms with Gasteiger partial charge in [-0.1, -0.05) is 11.6 Å². The smallest absolute Gasteiger partial charge is 0.229 e. The summed E-state index contributed by atoms with van der Waals surface area (Å²) in [6.07, 6.45) is 0.982. The molecule has 1 aliphatic rings. The highest BCUT2D eigenvalue weighted by molar-refractivity contribution is 7.92. The number of nitriles is 1. The second-order valence-electron chi connectivity index (χ2n) is 4.74. The van der Waals surface area contributed by atoms with Gasteiger partial charge in [0.15, 0.2) is 9.84 Å². The topological polar surface area (TPSA) is 104 Å². The lowest BCUT2D eigenvalue weighted by molar-refractivity contribution is 0.571. The molecule has 1 heterocycles. The Hall–Kier alpha value is -1.14. The van der Waals surface area contributed by atoms with Crippen molar-refractivity contribution in [1.29, 1.82) is 5.26 Å². The minimum Gasteiger partial charge on any atom is -0.229 e. The molecular weight excluding hydrogens is 336 g/mol. The van der Waals surface area contributed by atoms with Gasteiger partial charge in [0.1, 0.15) is 4.90 Å². The number of halogens is 1. The largest absolute Gasteiger partial charge is 0.242 e. The molecule has 2 rings (SSSR count). The van der Waals surface area contributed by atoms with Gasteiger partial charge < -0.3 is 0 Å². The fourth-order valence-corrected chi connectivity index (χ4v) is 5.62. The van der Waals surface area contributed by atoms with Crippen LogP contribution in [0.1, 0.15) is 18.4 Å². The van der Waals surface area contributed by atoms with Gasteiger partial charge in [0.25, 0.3) is 0 Å². The van der Waals surface area contributed by atoms with Crippen LogP contribution in [0.25, 0.3) is 0 Å². The number of hydrogen-bond acceptors (Lipinski definition) is 5. The molecule has 1 aromatic carbocycles. The van der Waals surface area contributed by atoms with Crippen molar-refractivity contribution in [3.05, 3.63) is 28.8 Å². The van der Waals surface area contributed by atoms with Gasteiger partial charge in [0, 0.05) is 6.54 Å². The Labute approximate surface area is 128 Å². The van der Waals surface area contributed by atoms with Crippen LogP contribution in [0.5, 0.6) is 0 Å². The zero-order valence-electron chi connectivity index (χ0n) is 10.9. The molecule has 6 nitrogen and oxygen atoms in total. The molecule has 0 aliphatic carbocycles. The van der Waals surface area contributed by atoms with E-state index >= 15 is 0 Å². The first-order valence-electron chi connectivity index (χ1n) is 6.17. The Morgan fingerprint density at radius 3 is 2.71 bits per heavy atom. The molecule has 21 heavy (non-hydrogen) atoms. The van der Waals surface area contributed by atoms with E-state index in [1.807, 2.05) is 6.07 Å². The van der Waals surface area contributed by atoms with E-state index in [0.29, 0.717) is 12.8 Å². The van der Waals surface area contributed by atoms with E-state index in [1.165, 1.54) is 12.1 Å². The van der Waals surface area contributed by atoms with E-state index < -0.39 is 25.1 Å². The number of rotatable bonds is 4. The molecular formula is C12H13ClN2O4S2. The van der Waals surface area contributed by atoms with Crippen LogP contribution in [0, 0.1) is 11.3 Å². The van der Waals surface area contributed by atoms with E-state index in [0.717, 1.165) is 6.07 Å². The Balaban J connectivity index is 2.22. The zero-order valence-corrected chi connectivity index (χ0v) is 13.3. The Kier molecular flexibility index (Phi) is 4.58. The monoisotopic (exact) mass is 348 g/mol. The molecule has 0 saturated carbocycles. The summed E-state index contributed by atoms with van der Waals surface area (Å²) in [5, 5.41) is 8.08. The third kappa shape index (κ3) is 3.55. The summed E-state index contributed by atoms with van der Waals surface area (Å²) in [5.41, 5.74) is 0.160. The molecule has 114 valence electrons. The summed E-state index contributed by atoms with van der Waals surface area (Å²) < 4.78 is 50.0. The van der Waals surface area contributed by atoms with E-state index in [9.17, 15) is 16.8 Å². The normalized spacial score (nSPS) is 21.0. The predicted octanol–water partition coefficient (Wildman–Crippen LogP) is 1.07. The van der Waals surface area contributed by atoms with Gasteiger partial charge in [0.2, 0.25) is 10.0 Å². The van der Waals surface area contributed by atoms with Gasteiger partial charge in [-0.05, 0) is 31.0 Å². The average Bonchev–Trinajstić information content (AvgIpc) is 2.76. The summed E-state index contributed by atoms with van der Waals surface area (Å²) in [6.45, 7) is -0.183. The van der Waals surface area contributed by atoms with E-state index in [1.54, 1.807) is 0 Å². The SMILES string of the molecule is N#Cc1ccc(Cl)c(S(=O)(=O)NCC2CCCS2(=O)=O)c1. The van der Waals surface area contributed by atoms with Crippen molar-refractivity contribution in [2.75, 3.05) is 12.3 Å². The van der Waals surface area contributed by atoms with Crippen molar-refractivity contribution in [1.82, 2.24) is 4.72 Å². The van der Waals surface area contributed by atoms with Gasteiger partial charge in [-0.15, -0.1) is 0 Å². The van der Waals surface area contributed by atoms with Crippen molar-refractivity contribution in [3.63, 3.8) is 0 Å². The summed E-state index contributed by atoms with van der Waals surface area (Å²) in [6, 6.07) is 5.72. The van der Waals surface area contributed by atoms with Crippen molar-refractivity contribution in [3.8, 4) is 6.07 Å². The van der Waals surface area contributed by atoms with Crippen molar-refractivity contribution in [2.24, 2.45) is 0 Å². The lowest BCUT2D eigenvalue weighted by Crippen LogP contribution is -2.34. The van der Waals surface area contributed by atoms with Crippen LogP contribution < -0.4 is 4.72 Å². The molecule has 1 fully saturated rings. The van der Waals surface area contributed by atoms with Crippen molar-refractivity contribution < 1.29 is 16.8 Å². The average molecular weight is 349 g/mol. The second-order valence-corrected chi connectivity index (χ2v) is 9.28. The molecule has 1 aliphatic heterocycles.